The van der Waals surface area contributed by atoms with Crippen LogP contribution in [0.3, 0.4) is 0 Å². The third-order valence-electron chi connectivity index (χ3n) is 5.24. The first-order valence-corrected chi connectivity index (χ1v) is 14.9. The van der Waals surface area contributed by atoms with Crippen molar-refractivity contribution in [3.8, 4) is 0 Å². The van der Waals surface area contributed by atoms with E-state index >= 15 is 0 Å². The summed E-state index contributed by atoms with van der Waals surface area (Å²) in [6, 6.07) is 0. The molecule has 0 saturated carbocycles. The van der Waals surface area contributed by atoms with Crippen LogP contribution >= 0.6 is 20.4 Å². The average Bonchev–Trinajstić information content (AvgIpc) is 2.68. The fourth-order valence-corrected chi connectivity index (χ4v) is 4.77. The quantitative estimate of drug-likeness (QED) is 0.0905. The second-order valence-electron chi connectivity index (χ2n) is 9.48. The van der Waals surface area contributed by atoms with Gasteiger partial charge in [-0.3, -0.25) is 0 Å². The van der Waals surface area contributed by atoms with Crippen molar-refractivity contribution in [1.82, 2.24) is 0 Å². The van der Waals surface area contributed by atoms with Crippen LogP contribution in [-0.2, 0) is 9.05 Å². The summed E-state index contributed by atoms with van der Waals surface area (Å²) in [4.78, 5) is 9.70. The Balaban J connectivity index is 3.13. The van der Waals surface area contributed by atoms with Crippen molar-refractivity contribution in [3.63, 3.8) is 0 Å². The third-order valence-corrected chi connectivity index (χ3v) is 7.20. The first-order valence-electron chi connectivity index (χ1n) is 12.6. The molecule has 182 valence electrons. The Kier molecular flexibility index (Phi) is 23.3. The van der Waals surface area contributed by atoms with E-state index in [0.29, 0.717) is 13.2 Å². The lowest BCUT2D eigenvalue weighted by Crippen LogP contribution is -2.37. The number of nitrogens with zero attached hydrogens (tertiary/aromatic N) is 1. The summed E-state index contributed by atoms with van der Waals surface area (Å²) in [6.45, 7) is 4.30. The number of quaternary nitrogens is 1. The predicted molar refractivity (Wildman–Crippen MR) is 136 cm³/mol. The smallest absolute Gasteiger partial charge is 0.329 e. The summed E-state index contributed by atoms with van der Waals surface area (Å²) in [5.41, 5.74) is 0. The van der Waals surface area contributed by atoms with Crippen LogP contribution < -0.4 is 0 Å². The summed E-state index contributed by atoms with van der Waals surface area (Å²) in [5.74, 6) is 2.37. The SMILES string of the molecule is CCCCCCCCCCCCCCCCSCCCOP(O)OCC[N+](C)(C)C. The largest absolute Gasteiger partial charge is 0.330 e. The zero-order valence-corrected chi connectivity index (χ0v) is 22.4. The lowest BCUT2D eigenvalue weighted by atomic mass is 10.0. The molecule has 0 aromatic rings. The Labute approximate surface area is 194 Å². The van der Waals surface area contributed by atoms with Gasteiger partial charge in [-0.2, -0.15) is 11.8 Å². The molecule has 4 nitrogen and oxygen atoms in total. The second-order valence-corrected chi connectivity index (χ2v) is 11.7. The van der Waals surface area contributed by atoms with Gasteiger partial charge in [-0.25, -0.2) is 0 Å². The summed E-state index contributed by atoms with van der Waals surface area (Å²) in [6.07, 6.45) is 20.9. The summed E-state index contributed by atoms with van der Waals surface area (Å²) < 4.78 is 11.5. The van der Waals surface area contributed by atoms with Crippen molar-refractivity contribution in [2.75, 3.05) is 52.4 Å². The maximum Gasteiger partial charge on any atom is 0.330 e. The van der Waals surface area contributed by atoms with E-state index in [1.54, 1.807) is 0 Å². The van der Waals surface area contributed by atoms with Gasteiger partial charge in [-0.15, -0.1) is 0 Å². The van der Waals surface area contributed by atoms with Gasteiger partial charge in [-0.05, 0) is 24.3 Å². The van der Waals surface area contributed by atoms with E-state index in [4.69, 9.17) is 9.05 Å². The predicted octanol–water partition coefficient (Wildman–Crippen LogP) is 7.55. The van der Waals surface area contributed by atoms with Crippen molar-refractivity contribution in [2.24, 2.45) is 0 Å². The second kappa shape index (κ2) is 22.8. The molecule has 0 aliphatic heterocycles. The molecule has 0 heterocycles. The molecular weight excluding hydrogens is 413 g/mol. The molecule has 1 N–H and O–H groups in total. The van der Waals surface area contributed by atoms with Crippen LogP contribution in [0, 0.1) is 0 Å². The molecule has 0 bridgehead atoms. The Hall–Kier alpha value is 0.620. The van der Waals surface area contributed by atoms with Gasteiger partial charge in [0.05, 0.1) is 27.7 Å². The normalized spacial score (nSPS) is 13.1. The monoisotopic (exact) mass is 466 g/mol. The van der Waals surface area contributed by atoms with Crippen molar-refractivity contribution >= 4 is 20.4 Å². The highest BCUT2D eigenvalue weighted by atomic mass is 32.2. The van der Waals surface area contributed by atoms with Gasteiger partial charge < -0.3 is 18.4 Å². The van der Waals surface area contributed by atoms with Gasteiger partial charge in [-0.1, -0.05) is 90.4 Å². The molecule has 0 saturated heterocycles. The topological polar surface area (TPSA) is 38.7 Å². The number of unbranched alkanes of at least 4 members (excludes halogenated alkanes) is 13. The van der Waals surface area contributed by atoms with Crippen LogP contribution in [0.4, 0.5) is 0 Å². The van der Waals surface area contributed by atoms with Crippen LogP contribution in [0.25, 0.3) is 0 Å². The van der Waals surface area contributed by atoms with Gasteiger partial charge >= 0.3 is 8.60 Å². The van der Waals surface area contributed by atoms with E-state index in [-0.39, 0.29) is 0 Å². The lowest BCUT2D eigenvalue weighted by molar-refractivity contribution is -0.870. The molecule has 0 rings (SSSR count). The van der Waals surface area contributed by atoms with E-state index < -0.39 is 8.60 Å². The fourth-order valence-electron chi connectivity index (χ4n) is 3.23. The molecule has 0 radical (unpaired) electrons. The van der Waals surface area contributed by atoms with E-state index in [1.165, 1.54) is 95.6 Å². The zero-order chi connectivity index (χ0) is 22.3. The van der Waals surface area contributed by atoms with Gasteiger partial charge in [0.2, 0.25) is 0 Å². The number of rotatable bonds is 24. The minimum Gasteiger partial charge on any atom is -0.329 e. The minimum atomic E-state index is -1.70. The summed E-state index contributed by atoms with van der Waals surface area (Å²) in [5, 5.41) is 0. The highest BCUT2D eigenvalue weighted by Gasteiger charge is 2.11. The maximum atomic E-state index is 9.70. The Bertz CT molecular complexity index is 343. The van der Waals surface area contributed by atoms with E-state index in [1.807, 2.05) is 11.8 Å². The average molecular weight is 467 g/mol. The van der Waals surface area contributed by atoms with Crippen LogP contribution in [-0.4, -0.2) is 61.8 Å². The Morgan fingerprint density at radius 1 is 0.633 bits per heavy atom. The molecule has 0 spiro atoms. The number of likely N-dealkylation sites (N-methyl/N-ethyl adjacent to an activating group) is 1. The highest BCUT2D eigenvalue weighted by Crippen LogP contribution is 2.32. The number of hydrogen-bond donors (Lipinski definition) is 1. The first-order chi connectivity index (χ1) is 14.5. The Morgan fingerprint density at radius 3 is 1.57 bits per heavy atom. The Morgan fingerprint density at radius 2 is 1.07 bits per heavy atom. The fraction of sp³-hybridized carbons (Fsp3) is 1.00. The third kappa shape index (κ3) is 26.7. The molecular formula is C24H53NO3PS+. The van der Waals surface area contributed by atoms with Gasteiger partial charge in [0, 0.05) is 0 Å². The summed E-state index contributed by atoms with van der Waals surface area (Å²) in [7, 11) is 4.63. The molecule has 0 aromatic heterocycles. The van der Waals surface area contributed by atoms with Crippen LogP contribution in [0.5, 0.6) is 0 Å². The standard InChI is InChI=1S/C24H53NO3PS/c1-5-6-7-8-9-10-11-12-13-14-15-16-17-18-23-30-24-19-21-27-29(26)28-22-20-25(2,3)4/h26H,5-24H2,1-4H3/q+1. The molecule has 30 heavy (non-hydrogen) atoms. The maximum absolute atomic E-state index is 9.70. The molecule has 6 heteroatoms. The van der Waals surface area contributed by atoms with Gasteiger partial charge in [0.25, 0.3) is 0 Å². The van der Waals surface area contributed by atoms with E-state index in [9.17, 15) is 4.89 Å². The minimum absolute atomic E-state index is 0.541. The van der Waals surface area contributed by atoms with Crippen molar-refractivity contribution < 1.29 is 18.4 Å². The van der Waals surface area contributed by atoms with Crippen LogP contribution in [0.15, 0.2) is 0 Å². The molecule has 0 fully saturated rings. The molecule has 1 atom stereocenters. The lowest BCUT2D eigenvalue weighted by Gasteiger charge is -2.23. The molecule has 0 aromatic carbocycles. The first kappa shape index (κ1) is 30.6. The zero-order valence-electron chi connectivity index (χ0n) is 20.7. The molecule has 0 aliphatic rings. The van der Waals surface area contributed by atoms with E-state index in [2.05, 4.69) is 28.1 Å². The van der Waals surface area contributed by atoms with Crippen LogP contribution in [0.1, 0.15) is 103 Å². The molecule has 0 amide bonds. The van der Waals surface area contributed by atoms with Crippen molar-refractivity contribution in [2.45, 2.75) is 103 Å². The van der Waals surface area contributed by atoms with Gasteiger partial charge in [0.1, 0.15) is 13.2 Å². The number of hydrogen-bond acceptors (Lipinski definition) is 4. The van der Waals surface area contributed by atoms with Crippen molar-refractivity contribution in [1.29, 1.82) is 0 Å². The molecule has 1 unspecified atom stereocenters. The van der Waals surface area contributed by atoms with E-state index in [0.717, 1.165) is 23.2 Å². The van der Waals surface area contributed by atoms with Crippen molar-refractivity contribution in [3.05, 3.63) is 0 Å². The molecule has 0 aliphatic carbocycles. The summed E-state index contributed by atoms with van der Waals surface area (Å²) >= 11 is 2.01. The van der Waals surface area contributed by atoms with Crippen LogP contribution in [0.2, 0.25) is 0 Å². The van der Waals surface area contributed by atoms with Gasteiger partial charge in [0.15, 0.2) is 0 Å². The number of thioether (sulfide) groups is 1. The highest BCUT2D eigenvalue weighted by molar-refractivity contribution is 7.99.